The summed E-state index contributed by atoms with van der Waals surface area (Å²) >= 11 is 0. The topological polar surface area (TPSA) is 12.0 Å². The number of anilines is 1. The number of benzene rings is 2. The Labute approximate surface area is 115 Å². The van der Waals surface area contributed by atoms with Crippen LogP contribution in [-0.4, -0.2) is 6.04 Å². The van der Waals surface area contributed by atoms with Gasteiger partial charge in [-0.25, -0.2) is 0 Å². The fraction of sp³-hybridized carbons (Fsp3) is 0.333. The van der Waals surface area contributed by atoms with Crippen LogP contribution in [0.15, 0.2) is 54.6 Å². The third-order valence-corrected chi connectivity index (χ3v) is 4.14. The van der Waals surface area contributed by atoms with Crippen molar-refractivity contribution in [3.8, 4) is 0 Å². The van der Waals surface area contributed by atoms with Crippen LogP contribution in [0.25, 0.3) is 0 Å². The summed E-state index contributed by atoms with van der Waals surface area (Å²) in [5.41, 5.74) is 4.15. The lowest BCUT2D eigenvalue weighted by Gasteiger charge is -2.37. The molecule has 1 fully saturated rings. The van der Waals surface area contributed by atoms with Gasteiger partial charge in [0.1, 0.15) is 0 Å². The fourth-order valence-corrected chi connectivity index (χ4v) is 2.81. The average molecular weight is 251 g/mol. The minimum Gasteiger partial charge on any atom is -0.382 e. The van der Waals surface area contributed by atoms with E-state index in [4.69, 9.17) is 0 Å². The van der Waals surface area contributed by atoms with Gasteiger partial charge in [0.05, 0.1) is 0 Å². The van der Waals surface area contributed by atoms with Crippen molar-refractivity contribution in [3.63, 3.8) is 0 Å². The monoisotopic (exact) mass is 251 g/mol. The fourth-order valence-electron chi connectivity index (χ4n) is 2.81. The van der Waals surface area contributed by atoms with E-state index in [9.17, 15) is 0 Å². The van der Waals surface area contributed by atoms with Crippen LogP contribution >= 0.6 is 0 Å². The normalized spacial score (nSPS) is 21.7. The molecule has 1 N–H and O–H groups in total. The summed E-state index contributed by atoms with van der Waals surface area (Å²) in [6.07, 6.45) is 3.61. The summed E-state index contributed by atoms with van der Waals surface area (Å²) in [5.74, 6) is 0.744. The molecule has 1 heteroatoms. The molecule has 1 aliphatic carbocycles. The highest BCUT2D eigenvalue weighted by molar-refractivity contribution is 5.46. The zero-order chi connectivity index (χ0) is 13.1. The SMILES string of the molecule is CCc1ccc(NC2CC(c3ccccc3)C2)cc1. The van der Waals surface area contributed by atoms with Gasteiger partial charge in [0.15, 0.2) is 0 Å². The van der Waals surface area contributed by atoms with E-state index in [2.05, 4.69) is 66.8 Å². The van der Waals surface area contributed by atoms with E-state index in [1.807, 2.05) is 0 Å². The highest BCUT2D eigenvalue weighted by Gasteiger charge is 2.29. The Morgan fingerprint density at radius 1 is 0.947 bits per heavy atom. The maximum absolute atomic E-state index is 3.63. The maximum atomic E-state index is 3.63. The van der Waals surface area contributed by atoms with Gasteiger partial charge in [-0.3, -0.25) is 0 Å². The van der Waals surface area contributed by atoms with Crippen LogP contribution in [0.2, 0.25) is 0 Å². The summed E-state index contributed by atoms with van der Waals surface area (Å²) in [6.45, 7) is 2.19. The number of nitrogens with one attached hydrogen (secondary N) is 1. The summed E-state index contributed by atoms with van der Waals surface area (Å²) in [5, 5.41) is 3.63. The van der Waals surface area contributed by atoms with E-state index in [0.717, 1.165) is 12.3 Å². The predicted molar refractivity (Wildman–Crippen MR) is 81.6 cm³/mol. The molecule has 19 heavy (non-hydrogen) atoms. The lowest BCUT2D eigenvalue weighted by Crippen LogP contribution is -2.33. The van der Waals surface area contributed by atoms with Crippen molar-refractivity contribution in [1.82, 2.24) is 0 Å². The quantitative estimate of drug-likeness (QED) is 0.837. The molecule has 0 spiro atoms. The van der Waals surface area contributed by atoms with Crippen molar-refractivity contribution < 1.29 is 0 Å². The Hall–Kier alpha value is -1.76. The van der Waals surface area contributed by atoms with Crippen molar-refractivity contribution in [3.05, 3.63) is 65.7 Å². The Morgan fingerprint density at radius 2 is 1.63 bits per heavy atom. The zero-order valence-corrected chi connectivity index (χ0v) is 11.5. The van der Waals surface area contributed by atoms with Gasteiger partial charge in [-0.1, -0.05) is 49.4 Å². The third kappa shape index (κ3) is 2.81. The zero-order valence-electron chi connectivity index (χ0n) is 11.5. The molecular weight excluding hydrogens is 230 g/mol. The molecule has 0 aliphatic heterocycles. The summed E-state index contributed by atoms with van der Waals surface area (Å²) in [7, 11) is 0. The van der Waals surface area contributed by atoms with Crippen molar-refractivity contribution in [1.29, 1.82) is 0 Å². The van der Waals surface area contributed by atoms with Gasteiger partial charge in [-0.2, -0.15) is 0 Å². The van der Waals surface area contributed by atoms with E-state index in [-0.39, 0.29) is 0 Å². The summed E-state index contributed by atoms with van der Waals surface area (Å²) in [6, 6.07) is 20.3. The average Bonchev–Trinajstić information content (AvgIpc) is 2.44. The summed E-state index contributed by atoms with van der Waals surface area (Å²) in [4.78, 5) is 0. The van der Waals surface area contributed by atoms with Crippen LogP contribution in [0.1, 0.15) is 36.8 Å². The van der Waals surface area contributed by atoms with Crippen molar-refractivity contribution in [2.75, 3.05) is 5.32 Å². The first-order chi connectivity index (χ1) is 9.35. The van der Waals surface area contributed by atoms with Gasteiger partial charge in [-0.15, -0.1) is 0 Å². The molecule has 3 rings (SSSR count). The molecule has 0 bridgehead atoms. The molecule has 1 nitrogen and oxygen atoms in total. The first kappa shape index (κ1) is 12.3. The van der Waals surface area contributed by atoms with Crippen LogP contribution in [0.3, 0.4) is 0 Å². The second kappa shape index (κ2) is 5.48. The third-order valence-electron chi connectivity index (χ3n) is 4.14. The number of hydrogen-bond donors (Lipinski definition) is 1. The number of rotatable bonds is 4. The van der Waals surface area contributed by atoms with Gasteiger partial charge in [0, 0.05) is 11.7 Å². The minimum absolute atomic E-state index is 0.637. The van der Waals surface area contributed by atoms with Crippen molar-refractivity contribution >= 4 is 5.69 Å². The molecule has 98 valence electrons. The molecule has 1 saturated carbocycles. The Balaban J connectivity index is 1.53. The van der Waals surface area contributed by atoms with Crippen LogP contribution in [0, 0.1) is 0 Å². The van der Waals surface area contributed by atoms with Gasteiger partial charge in [0.25, 0.3) is 0 Å². The number of hydrogen-bond acceptors (Lipinski definition) is 1. The van der Waals surface area contributed by atoms with E-state index in [1.54, 1.807) is 0 Å². The lowest BCUT2D eigenvalue weighted by atomic mass is 9.76. The Kier molecular flexibility index (Phi) is 3.54. The van der Waals surface area contributed by atoms with E-state index < -0.39 is 0 Å². The van der Waals surface area contributed by atoms with Crippen LogP contribution in [0.5, 0.6) is 0 Å². The van der Waals surface area contributed by atoms with Gasteiger partial charge >= 0.3 is 0 Å². The van der Waals surface area contributed by atoms with Gasteiger partial charge in [0.2, 0.25) is 0 Å². The predicted octanol–water partition coefficient (Wildman–Crippen LogP) is 4.61. The van der Waals surface area contributed by atoms with Crippen LogP contribution < -0.4 is 5.32 Å². The van der Waals surface area contributed by atoms with Gasteiger partial charge < -0.3 is 5.32 Å². The first-order valence-electron chi connectivity index (χ1n) is 7.25. The molecule has 0 saturated heterocycles. The number of aryl methyl sites for hydroxylation is 1. The second-order valence-corrected chi connectivity index (χ2v) is 5.47. The molecule has 1 aliphatic rings. The minimum atomic E-state index is 0.637. The second-order valence-electron chi connectivity index (χ2n) is 5.47. The van der Waals surface area contributed by atoms with Crippen LogP contribution in [-0.2, 0) is 6.42 Å². The van der Waals surface area contributed by atoms with Gasteiger partial charge in [-0.05, 0) is 48.4 Å². The smallest absolute Gasteiger partial charge is 0.0342 e. The van der Waals surface area contributed by atoms with E-state index in [0.29, 0.717) is 6.04 Å². The molecule has 0 amide bonds. The first-order valence-corrected chi connectivity index (χ1v) is 7.25. The molecule has 0 unspecified atom stereocenters. The molecular formula is C18H21N. The molecule has 0 radical (unpaired) electrons. The Morgan fingerprint density at radius 3 is 2.26 bits per heavy atom. The van der Waals surface area contributed by atoms with Crippen LogP contribution in [0.4, 0.5) is 5.69 Å². The van der Waals surface area contributed by atoms with E-state index >= 15 is 0 Å². The highest BCUT2D eigenvalue weighted by atomic mass is 14.9. The lowest BCUT2D eigenvalue weighted by molar-refractivity contribution is 0.374. The standard InChI is InChI=1S/C18H21N/c1-2-14-8-10-17(11-9-14)19-18-12-16(13-18)15-6-4-3-5-7-15/h3-11,16,18-19H,2,12-13H2,1H3. The largest absolute Gasteiger partial charge is 0.382 e. The van der Waals surface area contributed by atoms with Crippen molar-refractivity contribution in [2.24, 2.45) is 0 Å². The summed E-state index contributed by atoms with van der Waals surface area (Å²) < 4.78 is 0. The molecule has 2 aromatic carbocycles. The Bertz CT molecular complexity index is 509. The maximum Gasteiger partial charge on any atom is 0.0342 e. The molecule has 2 aromatic rings. The van der Waals surface area contributed by atoms with Crippen molar-refractivity contribution in [2.45, 2.75) is 38.1 Å². The highest BCUT2D eigenvalue weighted by Crippen LogP contribution is 2.38. The molecule has 0 aromatic heterocycles. The molecule has 0 atom stereocenters. The van der Waals surface area contributed by atoms with E-state index in [1.165, 1.54) is 29.7 Å². The molecule has 0 heterocycles.